The molecule has 102 valence electrons. The van der Waals surface area contributed by atoms with Gasteiger partial charge in [0.2, 0.25) is 0 Å². The molecule has 0 aromatic heterocycles. The average molecular weight is 258 g/mol. The molecule has 0 saturated carbocycles. The SMILES string of the molecule is CONC1=CN(C(=O)OC(C)(C)C)C(C(=O)O)C1. The van der Waals surface area contributed by atoms with E-state index in [4.69, 9.17) is 14.7 Å². The number of aliphatic carboxylic acids is 1. The summed E-state index contributed by atoms with van der Waals surface area (Å²) in [7, 11) is 1.41. The molecule has 0 aromatic carbocycles. The number of hydroxylamine groups is 1. The molecule has 0 aromatic rings. The van der Waals surface area contributed by atoms with Crippen LogP contribution in [0, 0.1) is 0 Å². The van der Waals surface area contributed by atoms with E-state index in [1.807, 2.05) is 0 Å². The van der Waals surface area contributed by atoms with Crippen LogP contribution in [0.1, 0.15) is 27.2 Å². The van der Waals surface area contributed by atoms with Crippen molar-refractivity contribution in [2.45, 2.75) is 38.8 Å². The standard InChI is InChI=1S/C11H18N2O5/c1-11(2,3)18-10(16)13-6-7(12-17-4)5-8(13)9(14)15/h6,8,12H,5H2,1-4H3,(H,14,15). The summed E-state index contributed by atoms with van der Waals surface area (Å²) in [6.07, 6.45) is 0.849. The van der Waals surface area contributed by atoms with E-state index in [9.17, 15) is 9.59 Å². The molecule has 1 heterocycles. The van der Waals surface area contributed by atoms with Gasteiger partial charge in [-0.25, -0.2) is 9.59 Å². The molecule has 0 spiro atoms. The van der Waals surface area contributed by atoms with Gasteiger partial charge < -0.3 is 9.84 Å². The summed E-state index contributed by atoms with van der Waals surface area (Å²) in [4.78, 5) is 28.7. The van der Waals surface area contributed by atoms with Crippen LogP contribution in [0.15, 0.2) is 11.9 Å². The van der Waals surface area contributed by atoms with Gasteiger partial charge in [0, 0.05) is 12.6 Å². The molecule has 0 bridgehead atoms. The second-order valence-corrected chi connectivity index (χ2v) is 4.91. The molecule has 0 saturated heterocycles. The first kappa shape index (κ1) is 14.3. The van der Waals surface area contributed by atoms with Crippen LogP contribution in [-0.2, 0) is 14.4 Å². The number of carbonyl (C=O) groups is 2. The molecule has 1 rings (SSSR count). The molecule has 18 heavy (non-hydrogen) atoms. The molecule has 1 aliphatic heterocycles. The summed E-state index contributed by atoms with van der Waals surface area (Å²) in [6, 6.07) is -0.975. The van der Waals surface area contributed by atoms with Crippen LogP contribution >= 0.6 is 0 Å². The van der Waals surface area contributed by atoms with Crippen molar-refractivity contribution in [1.29, 1.82) is 0 Å². The lowest BCUT2D eigenvalue weighted by molar-refractivity contribution is -0.141. The van der Waals surface area contributed by atoms with Gasteiger partial charge in [-0.05, 0) is 20.8 Å². The summed E-state index contributed by atoms with van der Waals surface area (Å²) in [5, 5.41) is 9.07. The number of nitrogens with one attached hydrogen (secondary N) is 1. The predicted octanol–water partition coefficient (Wildman–Crippen LogP) is 1.07. The quantitative estimate of drug-likeness (QED) is 0.736. The third kappa shape index (κ3) is 3.63. The van der Waals surface area contributed by atoms with Gasteiger partial charge in [0.25, 0.3) is 0 Å². The average Bonchev–Trinajstić information content (AvgIpc) is 2.59. The highest BCUT2D eigenvalue weighted by Crippen LogP contribution is 2.23. The number of hydrogen-bond acceptors (Lipinski definition) is 5. The number of carboxylic acids is 1. The number of amides is 1. The van der Waals surface area contributed by atoms with Crippen LogP contribution in [0.5, 0.6) is 0 Å². The van der Waals surface area contributed by atoms with Gasteiger partial charge in [-0.15, -0.1) is 0 Å². The largest absolute Gasteiger partial charge is 0.480 e. The van der Waals surface area contributed by atoms with Gasteiger partial charge in [0.1, 0.15) is 11.6 Å². The first-order chi connectivity index (χ1) is 8.24. The Kier molecular flexibility index (Phi) is 4.18. The van der Waals surface area contributed by atoms with Crippen LogP contribution < -0.4 is 5.48 Å². The minimum absolute atomic E-state index is 0.155. The van der Waals surface area contributed by atoms with Gasteiger partial charge in [0.05, 0.1) is 12.8 Å². The molecule has 0 radical (unpaired) electrons. The van der Waals surface area contributed by atoms with E-state index in [-0.39, 0.29) is 6.42 Å². The highest BCUT2D eigenvalue weighted by Gasteiger charge is 2.37. The summed E-state index contributed by atoms with van der Waals surface area (Å²) in [6.45, 7) is 5.15. The fraction of sp³-hybridized carbons (Fsp3) is 0.636. The van der Waals surface area contributed by atoms with Crippen molar-refractivity contribution in [3.63, 3.8) is 0 Å². The summed E-state index contributed by atoms with van der Waals surface area (Å²) >= 11 is 0. The third-order valence-corrected chi connectivity index (χ3v) is 2.17. The van der Waals surface area contributed by atoms with E-state index < -0.39 is 23.7 Å². The first-order valence-electron chi connectivity index (χ1n) is 5.48. The van der Waals surface area contributed by atoms with Crippen molar-refractivity contribution in [2.24, 2.45) is 0 Å². The first-order valence-corrected chi connectivity index (χ1v) is 5.48. The number of carboxylic acid groups (broad SMARTS) is 1. The molecule has 1 aliphatic rings. The van der Waals surface area contributed by atoms with Gasteiger partial charge in [-0.1, -0.05) is 0 Å². The van der Waals surface area contributed by atoms with Crippen LogP contribution in [0.4, 0.5) is 4.79 Å². The maximum atomic E-state index is 11.9. The maximum absolute atomic E-state index is 11.9. The van der Waals surface area contributed by atoms with Crippen molar-refractivity contribution in [3.8, 4) is 0 Å². The second-order valence-electron chi connectivity index (χ2n) is 4.91. The van der Waals surface area contributed by atoms with E-state index in [0.717, 1.165) is 4.90 Å². The molecule has 1 atom stereocenters. The smallest absolute Gasteiger partial charge is 0.415 e. The molecule has 0 fully saturated rings. The second kappa shape index (κ2) is 5.26. The van der Waals surface area contributed by atoms with E-state index in [2.05, 4.69) is 5.48 Å². The lowest BCUT2D eigenvalue weighted by Gasteiger charge is -2.25. The Bertz CT molecular complexity index is 372. The van der Waals surface area contributed by atoms with Crippen molar-refractivity contribution >= 4 is 12.1 Å². The Hall–Kier alpha value is -1.76. The van der Waals surface area contributed by atoms with E-state index in [1.165, 1.54) is 13.3 Å². The van der Waals surface area contributed by atoms with E-state index in [0.29, 0.717) is 5.70 Å². The number of ether oxygens (including phenoxy) is 1. The Balaban J connectivity index is 2.81. The number of carbonyl (C=O) groups excluding carboxylic acids is 1. The van der Waals surface area contributed by atoms with Crippen LogP contribution in [-0.4, -0.2) is 40.8 Å². The third-order valence-electron chi connectivity index (χ3n) is 2.17. The van der Waals surface area contributed by atoms with Gasteiger partial charge in [0.15, 0.2) is 0 Å². The Morgan fingerprint density at radius 3 is 2.56 bits per heavy atom. The van der Waals surface area contributed by atoms with Crippen LogP contribution in [0.2, 0.25) is 0 Å². The maximum Gasteiger partial charge on any atom is 0.415 e. The molecular weight excluding hydrogens is 240 g/mol. The number of nitrogens with zero attached hydrogens (tertiary/aromatic N) is 1. The highest BCUT2D eigenvalue weighted by atomic mass is 16.6. The lowest BCUT2D eigenvalue weighted by atomic mass is 10.2. The molecular formula is C11H18N2O5. The minimum Gasteiger partial charge on any atom is -0.480 e. The Labute approximate surface area is 105 Å². The molecule has 7 nitrogen and oxygen atoms in total. The summed E-state index contributed by atoms with van der Waals surface area (Å²) in [5.41, 5.74) is 2.36. The zero-order chi connectivity index (χ0) is 13.9. The monoisotopic (exact) mass is 258 g/mol. The Morgan fingerprint density at radius 2 is 2.11 bits per heavy atom. The van der Waals surface area contributed by atoms with Crippen LogP contribution in [0.25, 0.3) is 0 Å². The normalized spacial score (nSPS) is 19.4. The van der Waals surface area contributed by atoms with E-state index in [1.54, 1.807) is 20.8 Å². The topological polar surface area (TPSA) is 88.1 Å². The predicted molar refractivity (Wildman–Crippen MR) is 62.3 cm³/mol. The van der Waals surface area contributed by atoms with Gasteiger partial charge in [-0.3, -0.25) is 15.2 Å². The van der Waals surface area contributed by atoms with Gasteiger partial charge >= 0.3 is 12.1 Å². The van der Waals surface area contributed by atoms with Crippen molar-refractivity contribution in [2.75, 3.05) is 7.11 Å². The van der Waals surface area contributed by atoms with Crippen LogP contribution in [0.3, 0.4) is 0 Å². The van der Waals surface area contributed by atoms with Crippen molar-refractivity contribution in [3.05, 3.63) is 11.9 Å². The summed E-state index contributed by atoms with van der Waals surface area (Å²) < 4.78 is 5.14. The fourth-order valence-corrected chi connectivity index (χ4v) is 1.52. The zero-order valence-electron chi connectivity index (χ0n) is 10.9. The minimum atomic E-state index is -1.09. The molecule has 1 amide bonds. The highest BCUT2D eigenvalue weighted by molar-refractivity contribution is 5.82. The van der Waals surface area contributed by atoms with Crippen molar-refractivity contribution in [1.82, 2.24) is 10.4 Å². The Morgan fingerprint density at radius 1 is 1.50 bits per heavy atom. The number of rotatable bonds is 3. The summed E-state index contributed by atoms with van der Waals surface area (Å²) in [5.74, 6) is -1.09. The molecule has 7 heteroatoms. The fourth-order valence-electron chi connectivity index (χ4n) is 1.52. The molecule has 0 aliphatic carbocycles. The van der Waals surface area contributed by atoms with E-state index >= 15 is 0 Å². The molecule has 1 unspecified atom stereocenters. The lowest BCUT2D eigenvalue weighted by Crippen LogP contribution is -2.41. The number of hydrogen-bond donors (Lipinski definition) is 2. The zero-order valence-corrected chi connectivity index (χ0v) is 10.9. The van der Waals surface area contributed by atoms with Crippen molar-refractivity contribution < 1.29 is 24.3 Å². The van der Waals surface area contributed by atoms with Gasteiger partial charge in [-0.2, -0.15) is 0 Å². The molecule has 2 N–H and O–H groups in total.